The summed E-state index contributed by atoms with van der Waals surface area (Å²) in [6.07, 6.45) is 5.39. The van der Waals surface area contributed by atoms with Crippen LogP contribution in [-0.2, 0) is 0 Å². The number of hydrogen-bond donors (Lipinski definition) is 0. The number of amides is 1. The lowest BCUT2D eigenvalue weighted by Gasteiger charge is -2.16. The highest BCUT2D eigenvalue weighted by Crippen LogP contribution is 2.12. The summed E-state index contributed by atoms with van der Waals surface area (Å²) in [5.41, 5.74) is 0.731. The zero-order valence-electron chi connectivity index (χ0n) is 8.74. The molecule has 0 aliphatic carbocycles. The molecule has 0 atom stereocenters. The number of nitrogens with zero attached hydrogens (tertiary/aromatic N) is 2. The number of thioether (sulfide) groups is 1. The minimum absolute atomic E-state index is 0.0656. The van der Waals surface area contributed by atoms with E-state index in [-0.39, 0.29) is 5.91 Å². The molecule has 0 aromatic carbocycles. The molecular formula is C10H13IN2OS. The molecule has 3 nitrogen and oxygen atoms in total. The van der Waals surface area contributed by atoms with Crippen molar-refractivity contribution in [2.45, 2.75) is 0 Å². The summed E-state index contributed by atoms with van der Waals surface area (Å²) in [5, 5.41) is 0. The minimum Gasteiger partial charge on any atom is -0.341 e. The fraction of sp³-hybridized carbons (Fsp3) is 0.400. The molecule has 0 aliphatic heterocycles. The third kappa shape index (κ3) is 3.64. The Morgan fingerprint density at radius 2 is 2.40 bits per heavy atom. The zero-order chi connectivity index (χ0) is 11.3. The molecule has 82 valence electrons. The van der Waals surface area contributed by atoms with Gasteiger partial charge < -0.3 is 4.90 Å². The summed E-state index contributed by atoms with van der Waals surface area (Å²) in [6.45, 7) is 0.776. The van der Waals surface area contributed by atoms with Crippen molar-refractivity contribution >= 4 is 40.3 Å². The first-order valence-corrected chi connectivity index (χ1v) is 6.98. The third-order valence-electron chi connectivity index (χ3n) is 1.98. The second kappa shape index (κ2) is 6.32. The van der Waals surface area contributed by atoms with E-state index in [2.05, 4.69) is 27.6 Å². The van der Waals surface area contributed by atoms with Crippen LogP contribution in [-0.4, -0.2) is 41.4 Å². The second-order valence-corrected chi connectivity index (χ2v) is 5.22. The van der Waals surface area contributed by atoms with Gasteiger partial charge in [0.05, 0.1) is 5.56 Å². The molecular weight excluding hydrogens is 323 g/mol. The summed E-state index contributed by atoms with van der Waals surface area (Å²) in [5.74, 6) is 1.03. The molecule has 0 bridgehead atoms. The molecule has 1 heterocycles. The van der Waals surface area contributed by atoms with Crippen LogP contribution in [0.25, 0.3) is 0 Å². The Hall–Kier alpha value is -0.300. The van der Waals surface area contributed by atoms with Gasteiger partial charge in [0.15, 0.2) is 0 Å². The molecule has 0 fully saturated rings. The molecule has 1 aromatic heterocycles. The largest absolute Gasteiger partial charge is 0.341 e. The van der Waals surface area contributed by atoms with E-state index in [0.29, 0.717) is 0 Å². The maximum atomic E-state index is 12.0. The molecule has 0 aliphatic rings. The van der Waals surface area contributed by atoms with Gasteiger partial charge in [0.2, 0.25) is 0 Å². The number of hydrogen-bond acceptors (Lipinski definition) is 3. The van der Waals surface area contributed by atoms with E-state index in [1.54, 1.807) is 35.1 Å². The summed E-state index contributed by atoms with van der Waals surface area (Å²) in [4.78, 5) is 17.7. The van der Waals surface area contributed by atoms with Crippen molar-refractivity contribution in [2.75, 3.05) is 25.6 Å². The number of halogens is 1. The van der Waals surface area contributed by atoms with Crippen molar-refractivity contribution in [3.63, 3.8) is 0 Å². The van der Waals surface area contributed by atoms with Crippen molar-refractivity contribution < 1.29 is 4.79 Å². The zero-order valence-corrected chi connectivity index (χ0v) is 11.7. The highest BCUT2D eigenvalue weighted by Gasteiger charge is 2.13. The molecule has 1 amide bonds. The van der Waals surface area contributed by atoms with E-state index >= 15 is 0 Å². The van der Waals surface area contributed by atoms with Crippen LogP contribution in [0.5, 0.6) is 0 Å². The average molecular weight is 336 g/mol. The van der Waals surface area contributed by atoms with Gasteiger partial charge in [-0.15, -0.1) is 0 Å². The standard InChI is InChI=1S/C10H13IN2OS/c1-13(5-6-15-2)10(14)8-3-4-12-7-9(8)11/h3-4,7H,5-6H2,1-2H3. The molecule has 0 saturated heterocycles. The van der Waals surface area contributed by atoms with Gasteiger partial charge in [-0.2, -0.15) is 11.8 Å². The van der Waals surface area contributed by atoms with Crippen LogP contribution in [0.3, 0.4) is 0 Å². The molecule has 0 saturated carbocycles. The first-order valence-electron chi connectivity index (χ1n) is 4.50. The first kappa shape index (κ1) is 12.8. The van der Waals surface area contributed by atoms with Crippen molar-refractivity contribution in [3.8, 4) is 0 Å². The van der Waals surface area contributed by atoms with Gasteiger partial charge in [-0.1, -0.05) is 0 Å². The van der Waals surface area contributed by atoms with Crippen molar-refractivity contribution in [1.29, 1.82) is 0 Å². The number of carbonyl (C=O) groups excluding carboxylic acids is 1. The van der Waals surface area contributed by atoms with Crippen LogP contribution < -0.4 is 0 Å². The summed E-state index contributed by atoms with van der Waals surface area (Å²) >= 11 is 3.87. The highest BCUT2D eigenvalue weighted by atomic mass is 127. The number of pyridine rings is 1. The number of aromatic nitrogens is 1. The van der Waals surface area contributed by atoms with Crippen LogP contribution in [0, 0.1) is 3.57 Å². The van der Waals surface area contributed by atoms with Gasteiger partial charge in [-0.05, 0) is 34.9 Å². The van der Waals surface area contributed by atoms with E-state index in [4.69, 9.17) is 0 Å². The van der Waals surface area contributed by atoms with Crippen LogP contribution in [0.4, 0.5) is 0 Å². The lowest BCUT2D eigenvalue weighted by molar-refractivity contribution is 0.0802. The maximum absolute atomic E-state index is 12.0. The predicted molar refractivity (Wildman–Crippen MR) is 72.3 cm³/mol. The monoisotopic (exact) mass is 336 g/mol. The Labute approximate surface area is 108 Å². The molecule has 0 N–H and O–H groups in total. The van der Waals surface area contributed by atoms with Crippen LogP contribution in [0.2, 0.25) is 0 Å². The summed E-state index contributed by atoms with van der Waals surface area (Å²) in [7, 11) is 1.83. The van der Waals surface area contributed by atoms with Crippen molar-refractivity contribution in [2.24, 2.45) is 0 Å². The Kier molecular flexibility index (Phi) is 5.38. The molecule has 5 heteroatoms. The van der Waals surface area contributed by atoms with E-state index in [1.807, 2.05) is 13.3 Å². The SMILES string of the molecule is CSCCN(C)C(=O)c1ccncc1I. The topological polar surface area (TPSA) is 33.2 Å². The smallest absolute Gasteiger partial charge is 0.254 e. The van der Waals surface area contributed by atoms with Gasteiger partial charge in [0.25, 0.3) is 5.91 Å². The molecule has 0 spiro atoms. The van der Waals surface area contributed by atoms with Crippen molar-refractivity contribution in [1.82, 2.24) is 9.88 Å². The lowest BCUT2D eigenvalue weighted by Crippen LogP contribution is -2.29. The van der Waals surface area contributed by atoms with Gasteiger partial charge in [0.1, 0.15) is 0 Å². The van der Waals surface area contributed by atoms with E-state index in [9.17, 15) is 4.79 Å². The Morgan fingerprint density at radius 1 is 1.67 bits per heavy atom. The highest BCUT2D eigenvalue weighted by molar-refractivity contribution is 14.1. The lowest BCUT2D eigenvalue weighted by atomic mass is 10.2. The third-order valence-corrected chi connectivity index (χ3v) is 3.43. The molecule has 1 rings (SSSR count). The van der Waals surface area contributed by atoms with Gasteiger partial charge in [-0.3, -0.25) is 9.78 Å². The Bertz CT molecular complexity index is 346. The summed E-state index contributed by atoms with van der Waals surface area (Å²) in [6, 6.07) is 1.76. The summed E-state index contributed by atoms with van der Waals surface area (Å²) < 4.78 is 0.899. The predicted octanol–water partition coefficient (Wildman–Crippen LogP) is 2.12. The quantitative estimate of drug-likeness (QED) is 0.790. The molecule has 1 aromatic rings. The number of rotatable bonds is 4. The molecule has 0 unspecified atom stereocenters. The average Bonchev–Trinajstić information content (AvgIpc) is 2.25. The molecule has 0 radical (unpaired) electrons. The van der Waals surface area contributed by atoms with Gasteiger partial charge >= 0.3 is 0 Å². The van der Waals surface area contributed by atoms with E-state index in [1.165, 1.54) is 0 Å². The Balaban J connectivity index is 2.72. The molecule has 15 heavy (non-hydrogen) atoms. The van der Waals surface area contributed by atoms with E-state index in [0.717, 1.165) is 21.4 Å². The first-order chi connectivity index (χ1) is 7.16. The van der Waals surface area contributed by atoms with Crippen LogP contribution in [0.15, 0.2) is 18.5 Å². The maximum Gasteiger partial charge on any atom is 0.254 e. The number of carbonyl (C=O) groups is 1. The normalized spacial score (nSPS) is 10.1. The van der Waals surface area contributed by atoms with Gasteiger partial charge in [-0.25, -0.2) is 0 Å². The van der Waals surface area contributed by atoms with Crippen LogP contribution in [0.1, 0.15) is 10.4 Å². The fourth-order valence-corrected chi connectivity index (χ4v) is 2.11. The van der Waals surface area contributed by atoms with Crippen LogP contribution >= 0.6 is 34.4 Å². The van der Waals surface area contributed by atoms with Gasteiger partial charge in [0, 0.05) is 35.3 Å². The Morgan fingerprint density at radius 3 is 3.00 bits per heavy atom. The van der Waals surface area contributed by atoms with Crippen molar-refractivity contribution in [3.05, 3.63) is 27.6 Å². The fourth-order valence-electron chi connectivity index (χ4n) is 1.08. The second-order valence-electron chi connectivity index (χ2n) is 3.08. The van der Waals surface area contributed by atoms with E-state index < -0.39 is 0 Å². The minimum atomic E-state index is 0.0656.